The monoisotopic (exact) mass is 190 g/mol. The first-order valence-electron chi connectivity index (χ1n) is 4.81. The zero-order valence-electron chi connectivity index (χ0n) is 7.64. The van der Waals surface area contributed by atoms with Crippen molar-refractivity contribution in [2.24, 2.45) is 0 Å². The molecule has 0 spiro atoms. The highest BCUT2D eigenvalue weighted by Gasteiger charge is 2.19. The van der Waals surface area contributed by atoms with Crippen LogP contribution in [0, 0.1) is 0 Å². The van der Waals surface area contributed by atoms with Crippen LogP contribution in [0.15, 0.2) is 22.8 Å². The van der Waals surface area contributed by atoms with Gasteiger partial charge >= 0.3 is 0 Å². The standard InChI is InChI=1S/C10H10N2O2/c1-2-7(3-1)13-8-4-5-9-10(6-8)12-14-11-9/h4-7H,1-3H2. The largest absolute Gasteiger partial charge is 0.490 e. The lowest BCUT2D eigenvalue weighted by molar-refractivity contribution is 0.120. The van der Waals surface area contributed by atoms with Crippen molar-refractivity contribution in [3.05, 3.63) is 18.2 Å². The molecule has 0 atom stereocenters. The van der Waals surface area contributed by atoms with E-state index < -0.39 is 0 Å². The summed E-state index contributed by atoms with van der Waals surface area (Å²) >= 11 is 0. The van der Waals surface area contributed by atoms with Gasteiger partial charge in [0.05, 0.1) is 6.10 Å². The van der Waals surface area contributed by atoms with E-state index in [2.05, 4.69) is 14.9 Å². The van der Waals surface area contributed by atoms with Gasteiger partial charge in [-0.15, -0.1) is 0 Å². The van der Waals surface area contributed by atoms with Crippen molar-refractivity contribution in [2.75, 3.05) is 0 Å². The normalized spacial score (nSPS) is 16.9. The van der Waals surface area contributed by atoms with Gasteiger partial charge in [-0.25, -0.2) is 4.63 Å². The zero-order chi connectivity index (χ0) is 9.38. The SMILES string of the molecule is c1cc2nonc2cc1OC1CCC1. The van der Waals surface area contributed by atoms with Crippen LogP contribution >= 0.6 is 0 Å². The molecule has 1 aromatic heterocycles. The maximum atomic E-state index is 5.72. The first kappa shape index (κ1) is 7.79. The van der Waals surface area contributed by atoms with Gasteiger partial charge in [0.2, 0.25) is 0 Å². The van der Waals surface area contributed by atoms with Crippen molar-refractivity contribution in [1.29, 1.82) is 0 Å². The Morgan fingerprint density at radius 3 is 2.86 bits per heavy atom. The molecule has 0 unspecified atom stereocenters. The highest BCUT2D eigenvalue weighted by molar-refractivity contribution is 5.74. The Kier molecular flexibility index (Phi) is 1.65. The average Bonchev–Trinajstić information content (AvgIpc) is 2.58. The van der Waals surface area contributed by atoms with Gasteiger partial charge in [-0.3, -0.25) is 0 Å². The third-order valence-corrected chi connectivity index (χ3v) is 2.58. The van der Waals surface area contributed by atoms with Crippen molar-refractivity contribution in [1.82, 2.24) is 10.3 Å². The zero-order valence-corrected chi connectivity index (χ0v) is 7.64. The lowest BCUT2D eigenvalue weighted by Crippen LogP contribution is -2.24. The molecule has 2 aromatic rings. The van der Waals surface area contributed by atoms with E-state index in [-0.39, 0.29) is 0 Å². The van der Waals surface area contributed by atoms with Gasteiger partial charge in [0.1, 0.15) is 16.8 Å². The van der Waals surface area contributed by atoms with Crippen LogP contribution in [0.1, 0.15) is 19.3 Å². The van der Waals surface area contributed by atoms with E-state index in [1.54, 1.807) is 0 Å². The van der Waals surface area contributed by atoms with E-state index >= 15 is 0 Å². The van der Waals surface area contributed by atoms with Crippen LogP contribution in [-0.2, 0) is 0 Å². The summed E-state index contributed by atoms with van der Waals surface area (Å²) in [4.78, 5) is 0. The summed E-state index contributed by atoms with van der Waals surface area (Å²) in [5.74, 6) is 0.859. The molecule has 0 bridgehead atoms. The van der Waals surface area contributed by atoms with Gasteiger partial charge in [-0.05, 0) is 41.7 Å². The first-order chi connectivity index (χ1) is 6.92. The number of rotatable bonds is 2. The van der Waals surface area contributed by atoms with Gasteiger partial charge < -0.3 is 4.74 Å². The summed E-state index contributed by atoms with van der Waals surface area (Å²) in [6.07, 6.45) is 4.00. The Bertz CT molecular complexity index is 448. The number of fused-ring (bicyclic) bond motifs is 1. The quantitative estimate of drug-likeness (QED) is 0.728. The van der Waals surface area contributed by atoms with Gasteiger partial charge in [-0.2, -0.15) is 0 Å². The number of nitrogens with zero attached hydrogens (tertiary/aromatic N) is 2. The third-order valence-electron chi connectivity index (χ3n) is 2.58. The number of ether oxygens (including phenoxy) is 1. The number of benzene rings is 1. The minimum absolute atomic E-state index is 0.396. The van der Waals surface area contributed by atoms with Gasteiger partial charge in [0.25, 0.3) is 0 Å². The first-order valence-corrected chi connectivity index (χ1v) is 4.81. The summed E-state index contributed by atoms with van der Waals surface area (Å²) in [5.41, 5.74) is 1.52. The van der Waals surface area contributed by atoms with Crippen LogP contribution < -0.4 is 4.74 Å². The van der Waals surface area contributed by atoms with Crippen LogP contribution in [0.2, 0.25) is 0 Å². The molecule has 0 radical (unpaired) electrons. The van der Waals surface area contributed by atoms with E-state index in [4.69, 9.17) is 4.74 Å². The Labute approximate surface area is 80.8 Å². The van der Waals surface area contributed by atoms with Crippen LogP contribution in [0.4, 0.5) is 0 Å². The molecule has 1 heterocycles. The summed E-state index contributed by atoms with van der Waals surface area (Å²) in [7, 11) is 0. The lowest BCUT2D eigenvalue weighted by Gasteiger charge is -2.26. The molecule has 3 rings (SSSR count). The van der Waals surface area contributed by atoms with Gasteiger partial charge in [0.15, 0.2) is 0 Å². The van der Waals surface area contributed by atoms with Gasteiger partial charge in [0, 0.05) is 6.07 Å². The lowest BCUT2D eigenvalue weighted by atomic mass is 9.96. The smallest absolute Gasteiger partial charge is 0.138 e. The van der Waals surface area contributed by atoms with Crippen LogP contribution in [0.5, 0.6) is 5.75 Å². The molecular formula is C10H10N2O2. The molecule has 0 saturated heterocycles. The minimum atomic E-state index is 0.396. The van der Waals surface area contributed by atoms with Crippen molar-refractivity contribution < 1.29 is 9.37 Å². The van der Waals surface area contributed by atoms with E-state index in [1.807, 2.05) is 18.2 Å². The molecule has 4 heteroatoms. The number of hydrogen-bond acceptors (Lipinski definition) is 4. The Balaban J connectivity index is 1.88. The summed E-state index contributed by atoms with van der Waals surface area (Å²) < 4.78 is 10.3. The molecular weight excluding hydrogens is 180 g/mol. The fraction of sp³-hybridized carbons (Fsp3) is 0.400. The topological polar surface area (TPSA) is 48.2 Å². The molecule has 72 valence electrons. The van der Waals surface area contributed by atoms with Crippen LogP contribution in [-0.4, -0.2) is 16.4 Å². The van der Waals surface area contributed by atoms with E-state index in [9.17, 15) is 0 Å². The number of hydrogen-bond donors (Lipinski definition) is 0. The Morgan fingerprint density at radius 1 is 1.21 bits per heavy atom. The molecule has 1 fully saturated rings. The molecule has 0 aliphatic heterocycles. The Hall–Kier alpha value is -1.58. The predicted molar refractivity (Wildman–Crippen MR) is 50.1 cm³/mol. The second-order valence-corrected chi connectivity index (χ2v) is 3.59. The van der Waals surface area contributed by atoms with E-state index in [0.717, 1.165) is 29.6 Å². The average molecular weight is 190 g/mol. The second kappa shape index (κ2) is 2.97. The summed E-state index contributed by atoms with van der Waals surface area (Å²) in [5, 5.41) is 7.50. The van der Waals surface area contributed by atoms with Crippen LogP contribution in [0.25, 0.3) is 11.0 Å². The molecule has 1 aliphatic rings. The highest BCUT2D eigenvalue weighted by Crippen LogP contribution is 2.26. The predicted octanol–water partition coefficient (Wildman–Crippen LogP) is 2.15. The summed E-state index contributed by atoms with van der Waals surface area (Å²) in [6.45, 7) is 0. The van der Waals surface area contributed by atoms with Crippen molar-refractivity contribution >= 4 is 11.0 Å². The molecule has 14 heavy (non-hydrogen) atoms. The third kappa shape index (κ3) is 1.23. The van der Waals surface area contributed by atoms with Crippen molar-refractivity contribution in [3.8, 4) is 5.75 Å². The van der Waals surface area contributed by atoms with Crippen molar-refractivity contribution in [3.63, 3.8) is 0 Å². The second-order valence-electron chi connectivity index (χ2n) is 3.59. The fourth-order valence-corrected chi connectivity index (χ4v) is 1.52. The van der Waals surface area contributed by atoms with E-state index in [0.29, 0.717) is 6.10 Å². The van der Waals surface area contributed by atoms with Gasteiger partial charge in [-0.1, -0.05) is 0 Å². The molecule has 0 amide bonds. The molecule has 0 N–H and O–H groups in total. The van der Waals surface area contributed by atoms with Crippen molar-refractivity contribution in [2.45, 2.75) is 25.4 Å². The molecule has 1 saturated carbocycles. The molecule has 1 aromatic carbocycles. The number of aromatic nitrogens is 2. The molecule has 1 aliphatic carbocycles. The molecule has 4 nitrogen and oxygen atoms in total. The highest BCUT2D eigenvalue weighted by atomic mass is 16.6. The maximum Gasteiger partial charge on any atom is 0.138 e. The van der Waals surface area contributed by atoms with E-state index in [1.165, 1.54) is 6.42 Å². The van der Waals surface area contributed by atoms with Crippen LogP contribution in [0.3, 0.4) is 0 Å². The Morgan fingerprint density at radius 2 is 2.07 bits per heavy atom. The fourth-order valence-electron chi connectivity index (χ4n) is 1.52. The minimum Gasteiger partial charge on any atom is -0.490 e. The summed E-state index contributed by atoms with van der Waals surface area (Å²) in [6, 6.07) is 5.63. The maximum absolute atomic E-state index is 5.72.